The summed E-state index contributed by atoms with van der Waals surface area (Å²) in [5.74, 6) is -0.875. The van der Waals surface area contributed by atoms with E-state index in [0.29, 0.717) is 19.6 Å². The predicted octanol–water partition coefficient (Wildman–Crippen LogP) is 1.31. The minimum absolute atomic E-state index is 0.132. The van der Waals surface area contributed by atoms with Gasteiger partial charge in [-0.3, -0.25) is 4.79 Å². The van der Waals surface area contributed by atoms with E-state index in [-0.39, 0.29) is 12.5 Å². The van der Waals surface area contributed by atoms with Crippen molar-refractivity contribution in [2.45, 2.75) is 12.5 Å². The molecule has 0 aliphatic carbocycles. The number of halogens is 1. The molecule has 1 aromatic rings. The van der Waals surface area contributed by atoms with E-state index in [2.05, 4.69) is 21.2 Å². The Bertz CT molecular complexity index is 495. The van der Waals surface area contributed by atoms with Crippen molar-refractivity contribution in [1.29, 1.82) is 0 Å². The molecule has 1 aromatic carbocycles. The van der Waals surface area contributed by atoms with Crippen LogP contribution < -0.4 is 5.32 Å². The average molecular weight is 374 g/mol. The lowest BCUT2D eigenvalue weighted by molar-refractivity contribution is -0.145. The van der Waals surface area contributed by atoms with Crippen LogP contribution in [0.4, 0.5) is 0 Å². The van der Waals surface area contributed by atoms with Gasteiger partial charge in [-0.25, -0.2) is 4.79 Å². The zero-order valence-electron chi connectivity index (χ0n) is 12.6. The third-order valence-electron chi connectivity index (χ3n) is 2.87. The molecule has 0 spiro atoms. The van der Waals surface area contributed by atoms with Gasteiger partial charge in [0, 0.05) is 18.0 Å². The molecule has 7 heteroatoms. The molecule has 6 nitrogen and oxygen atoms in total. The third kappa shape index (κ3) is 6.55. The average Bonchev–Trinajstić information content (AvgIpc) is 2.52. The summed E-state index contributed by atoms with van der Waals surface area (Å²) >= 11 is 3.42. The highest BCUT2D eigenvalue weighted by Gasteiger charge is 2.22. The van der Waals surface area contributed by atoms with Crippen LogP contribution in [0.25, 0.3) is 0 Å². The van der Waals surface area contributed by atoms with Crippen molar-refractivity contribution in [2.24, 2.45) is 0 Å². The second-order valence-corrected chi connectivity index (χ2v) is 5.34. The Kier molecular flexibility index (Phi) is 8.72. The van der Waals surface area contributed by atoms with E-state index in [0.717, 1.165) is 10.0 Å². The van der Waals surface area contributed by atoms with Gasteiger partial charge in [0.15, 0.2) is 0 Å². The first-order valence-corrected chi connectivity index (χ1v) is 7.55. The van der Waals surface area contributed by atoms with Gasteiger partial charge in [0.2, 0.25) is 5.91 Å². The summed E-state index contributed by atoms with van der Waals surface area (Å²) < 4.78 is 15.6. The standard InChI is InChI=1S/C15H20BrNO5/c1-20-7-8-22-10-14(18)17-13(15(19)21-2)9-11-5-3-4-6-12(11)16/h3-6,13H,7-10H2,1-2H3,(H,17,18)/t13-/m1/s1. The predicted molar refractivity (Wildman–Crippen MR) is 84.5 cm³/mol. The number of rotatable bonds is 9. The molecule has 1 rings (SSSR count). The minimum atomic E-state index is -0.762. The number of methoxy groups -OCH3 is 2. The van der Waals surface area contributed by atoms with E-state index in [1.54, 1.807) is 7.11 Å². The first-order chi connectivity index (χ1) is 10.6. The Morgan fingerprint density at radius 3 is 2.59 bits per heavy atom. The number of esters is 1. The first-order valence-electron chi connectivity index (χ1n) is 6.75. The molecule has 1 amide bonds. The van der Waals surface area contributed by atoms with Gasteiger partial charge < -0.3 is 19.5 Å². The van der Waals surface area contributed by atoms with Crippen molar-refractivity contribution in [3.05, 3.63) is 34.3 Å². The number of carbonyl (C=O) groups excluding carboxylic acids is 2. The summed E-state index contributed by atoms with van der Waals surface area (Å²) in [5, 5.41) is 2.62. The van der Waals surface area contributed by atoms with Crippen molar-refractivity contribution in [3.63, 3.8) is 0 Å². The maximum absolute atomic E-state index is 11.8. The van der Waals surface area contributed by atoms with Crippen LogP contribution in [0.5, 0.6) is 0 Å². The van der Waals surface area contributed by atoms with Gasteiger partial charge in [-0.1, -0.05) is 34.1 Å². The molecular formula is C15H20BrNO5. The van der Waals surface area contributed by atoms with E-state index in [4.69, 9.17) is 14.2 Å². The highest BCUT2D eigenvalue weighted by atomic mass is 79.9. The molecule has 0 bridgehead atoms. The van der Waals surface area contributed by atoms with Crippen LogP contribution in [0.3, 0.4) is 0 Å². The first kappa shape index (κ1) is 18.6. The lowest BCUT2D eigenvalue weighted by atomic mass is 10.1. The quantitative estimate of drug-likeness (QED) is 0.521. The number of carbonyl (C=O) groups is 2. The molecule has 1 N–H and O–H groups in total. The van der Waals surface area contributed by atoms with Crippen LogP contribution in [0, 0.1) is 0 Å². The lowest BCUT2D eigenvalue weighted by Crippen LogP contribution is -2.44. The maximum Gasteiger partial charge on any atom is 0.328 e. The van der Waals surface area contributed by atoms with Crippen LogP contribution in [0.1, 0.15) is 5.56 Å². The molecule has 0 saturated heterocycles. The van der Waals surface area contributed by atoms with Crippen molar-refractivity contribution in [2.75, 3.05) is 34.0 Å². The van der Waals surface area contributed by atoms with Crippen LogP contribution in [0.2, 0.25) is 0 Å². The minimum Gasteiger partial charge on any atom is -0.467 e. The van der Waals surface area contributed by atoms with Crippen molar-refractivity contribution >= 4 is 27.8 Å². The highest BCUT2D eigenvalue weighted by Crippen LogP contribution is 2.17. The topological polar surface area (TPSA) is 73.9 Å². The monoisotopic (exact) mass is 373 g/mol. The number of ether oxygens (including phenoxy) is 3. The number of nitrogens with one attached hydrogen (secondary N) is 1. The fourth-order valence-corrected chi connectivity index (χ4v) is 2.21. The second-order valence-electron chi connectivity index (χ2n) is 4.48. The highest BCUT2D eigenvalue weighted by molar-refractivity contribution is 9.10. The Hall–Kier alpha value is -1.44. The van der Waals surface area contributed by atoms with Gasteiger partial charge in [-0.2, -0.15) is 0 Å². The Labute approximate surface area is 138 Å². The molecular weight excluding hydrogens is 354 g/mol. The van der Waals surface area contributed by atoms with Gasteiger partial charge in [0.05, 0.1) is 20.3 Å². The number of amides is 1. The number of hydrogen-bond donors (Lipinski definition) is 1. The van der Waals surface area contributed by atoms with Gasteiger partial charge in [-0.15, -0.1) is 0 Å². The smallest absolute Gasteiger partial charge is 0.328 e. The van der Waals surface area contributed by atoms with E-state index in [1.165, 1.54) is 7.11 Å². The van der Waals surface area contributed by atoms with Gasteiger partial charge in [0.1, 0.15) is 12.6 Å². The van der Waals surface area contributed by atoms with E-state index < -0.39 is 12.0 Å². The number of hydrogen-bond acceptors (Lipinski definition) is 5. The summed E-state index contributed by atoms with van der Waals surface area (Å²) in [5.41, 5.74) is 0.901. The van der Waals surface area contributed by atoms with Crippen molar-refractivity contribution in [3.8, 4) is 0 Å². The third-order valence-corrected chi connectivity index (χ3v) is 3.64. The Balaban J connectivity index is 2.60. The zero-order valence-corrected chi connectivity index (χ0v) is 14.2. The molecule has 122 valence electrons. The van der Waals surface area contributed by atoms with E-state index in [1.807, 2.05) is 24.3 Å². The second kappa shape index (κ2) is 10.3. The van der Waals surface area contributed by atoms with Gasteiger partial charge >= 0.3 is 5.97 Å². The van der Waals surface area contributed by atoms with Crippen LogP contribution in [0.15, 0.2) is 28.7 Å². The summed E-state index contributed by atoms with van der Waals surface area (Å²) in [4.78, 5) is 23.6. The molecule has 0 heterocycles. The molecule has 0 saturated carbocycles. The van der Waals surface area contributed by atoms with E-state index in [9.17, 15) is 9.59 Å². The van der Waals surface area contributed by atoms with Gasteiger partial charge in [-0.05, 0) is 11.6 Å². The van der Waals surface area contributed by atoms with Crippen molar-refractivity contribution < 1.29 is 23.8 Å². The number of benzene rings is 1. The molecule has 0 aliphatic rings. The molecule has 0 aliphatic heterocycles. The summed E-state index contributed by atoms with van der Waals surface area (Å²) in [7, 11) is 2.84. The Morgan fingerprint density at radius 2 is 1.95 bits per heavy atom. The molecule has 1 atom stereocenters. The fourth-order valence-electron chi connectivity index (χ4n) is 1.76. The fraction of sp³-hybridized carbons (Fsp3) is 0.467. The molecule has 0 radical (unpaired) electrons. The van der Waals surface area contributed by atoms with Crippen LogP contribution in [-0.2, 0) is 30.2 Å². The van der Waals surface area contributed by atoms with Crippen LogP contribution >= 0.6 is 15.9 Å². The summed E-state index contributed by atoms with van der Waals surface area (Å²) in [6, 6.07) is 6.73. The normalized spacial score (nSPS) is 11.8. The van der Waals surface area contributed by atoms with E-state index >= 15 is 0 Å². The maximum atomic E-state index is 11.8. The largest absolute Gasteiger partial charge is 0.467 e. The molecule has 22 heavy (non-hydrogen) atoms. The summed E-state index contributed by atoms with van der Waals surface area (Å²) in [6.07, 6.45) is 0.331. The summed E-state index contributed by atoms with van der Waals surface area (Å²) in [6.45, 7) is 0.592. The van der Waals surface area contributed by atoms with Crippen molar-refractivity contribution in [1.82, 2.24) is 5.32 Å². The van der Waals surface area contributed by atoms with Gasteiger partial charge in [0.25, 0.3) is 0 Å². The molecule has 0 fully saturated rings. The molecule has 0 unspecified atom stereocenters. The SMILES string of the molecule is COCCOCC(=O)N[C@H](Cc1ccccc1Br)C(=O)OC. The molecule has 0 aromatic heterocycles. The zero-order chi connectivity index (χ0) is 16.4. The lowest BCUT2D eigenvalue weighted by Gasteiger charge is -2.17. The van der Waals surface area contributed by atoms with Crippen LogP contribution in [-0.4, -0.2) is 52.0 Å². The Morgan fingerprint density at radius 1 is 1.23 bits per heavy atom.